The maximum Gasteiger partial charge on any atom is 0.129 e. The van der Waals surface area contributed by atoms with Crippen LogP contribution in [0.1, 0.15) is 0 Å². The van der Waals surface area contributed by atoms with Crippen molar-refractivity contribution in [2.75, 3.05) is 5.32 Å². The van der Waals surface area contributed by atoms with E-state index >= 15 is 0 Å². The van der Waals surface area contributed by atoms with Gasteiger partial charge in [0.15, 0.2) is 0 Å². The lowest BCUT2D eigenvalue weighted by molar-refractivity contribution is 0.670. The van der Waals surface area contributed by atoms with Crippen LogP contribution in [0, 0.1) is 0 Å². The number of nitrogens with two attached hydrogens (primary N) is 1. The minimum atomic E-state index is 0.648. The summed E-state index contributed by atoms with van der Waals surface area (Å²) < 4.78 is 1.87. The van der Waals surface area contributed by atoms with Gasteiger partial charge in [0, 0.05) is 23.5 Å². The minimum absolute atomic E-state index is 0.648. The van der Waals surface area contributed by atoms with E-state index in [2.05, 4.69) is 10.4 Å². The lowest BCUT2D eigenvalue weighted by atomic mass is 10.2. The third-order valence-electron chi connectivity index (χ3n) is 2.59. The van der Waals surface area contributed by atoms with E-state index in [1.54, 1.807) is 0 Å². The molecule has 0 radical (unpaired) electrons. The predicted molar refractivity (Wildman–Crippen MR) is 63.6 cm³/mol. The van der Waals surface area contributed by atoms with Gasteiger partial charge in [-0.3, -0.25) is 0 Å². The number of nitrogens with zero attached hydrogens (tertiary/aromatic N) is 2. The van der Waals surface area contributed by atoms with Gasteiger partial charge in [-0.05, 0) is 0 Å². The summed E-state index contributed by atoms with van der Waals surface area (Å²) in [4.78, 5) is 0. The Morgan fingerprint density at radius 1 is 1.25 bits per heavy atom. The lowest BCUT2D eigenvalue weighted by Crippen LogP contribution is -2.17. The number of hydrogen-bond donors (Lipinski definition) is 2. The van der Waals surface area contributed by atoms with Crippen molar-refractivity contribution >= 4 is 5.82 Å². The van der Waals surface area contributed by atoms with Crippen molar-refractivity contribution in [2.24, 2.45) is 5.73 Å². The molecule has 0 spiro atoms. The summed E-state index contributed by atoms with van der Waals surface area (Å²) in [6, 6.07) is 12.1. The molecule has 3 rings (SSSR count). The molecule has 0 bridgehead atoms. The van der Waals surface area contributed by atoms with E-state index in [1.165, 1.54) is 0 Å². The van der Waals surface area contributed by atoms with Crippen molar-refractivity contribution in [3.63, 3.8) is 0 Å². The van der Waals surface area contributed by atoms with Crippen molar-refractivity contribution in [2.45, 2.75) is 6.54 Å². The molecule has 1 aromatic carbocycles. The lowest BCUT2D eigenvalue weighted by Gasteiger charge is -2.12. The van der Waals surface area contributed by atoms with Gasteiger partial charge in [-0.2, -0.15) is 5.10 Å². The van der Waals surface area contributed by atoms with Gasteiger partial charge in [0.2, 0.25) is 0 Å². The molecule has 0 fully saturated rings. The second kappa shape index (κ2) is 3.41. The predicted octanol–water partition coefficient (Wildman–Crippen LogP) is 1.78. The van der Waals surface area contributed by atoms with Crippen LogP contribution < -0.4 is 11.1 Å². The zero-order valence-corrected chi connectivity index (χ0v) is 8.72. The van der Waals surface area contributed by atoms with Crippen LogP contribution in [-0.4, -0.2) is 9.78 Å². The van der Waals surface area contributed by atoms with E-state index in [-0.39, 0.29) is 0 Å². The molecule has 3 N–H and O–H groups in total. The van der Waals surface area contributed by atoms with Gasteiger partial charge in [-0.15, -0.1) is 0 Å². The monoisotopic (exact) mass is 212 g/mol. The highest BCUT2D eigenvalue weighted by Gasteiger charge is 2.12. The van der Waals surface area contributed by atoms with E-state index in [9.17, 15) is 0 Å². The number of fused-ring (bicyclic) bond motifs is 1. The second-order valence-corrected chi connectivity index (χ2v) is 3.80. The highest BCUT2D eigenvalue weighted by atomic mass is 15.3. The summed E-state index contributed by atoms with van der Waals surface area (Å²) in [6.07, 6.45) is 1.81. The van der Waals surface area contributed by atoms with E-state index in [4.69, 9.17) is 5.73 Å². The molecule has 16 heavy (non-hydrogen) atoms. The van der Waals surface area contributed by atoms with Crippen molar-refractivity contribution in [1.29, 1.82) is 0 Å². The Bertz CT molecular complexity index is 539. The summed E-state index contributed by atoms with van der Waals surface area (Å²) in [5.41, 5.74) is 8.60. The Morgan fingerprint density at radius 2 is 2.06 bits per heavy atom. The zero-order valence-electron chi connectivity index (χ0n) is 8.72. The van der Waals surface area contributed by atoms with Crippen LogP contribution in [0.5, 0.6) is 0 Å². The molecule has 0 unspecified atom stereocenters. The smallest absolute Gasteiger partial charge is 0.129 e. The Kier molecular flexibility index (Phi) is 1.93. The average Bonchev–Trinajstić information content (AvgIpc) is 2.73. The number of rotatable bonds is 1. The molecular weight excluding hydrogens is 200 g/mol. The van der Waals surface area contributed by atoms with E-state index in [0.29, 0.717) is 6.54 Å². The quantitative estimate of drug-likeness (QED) is 0.757. The standard InChI is InChI=1S/C12H12N4/c13-10-7-14-12-6-11(15-16(12)8-10)9-4-2-1-3-5-9/h1-7,14H,8,13H2. The zero-order chi connectivity index (χ0) is 11.0. The molecular formula is C12H12N4. The van der Waals surface area contributed by atoms with Crippen LogP contribution in [0.25, 0.3) is 11.3 Å². The number of allylic oxidation sites excluding steroid dienone is 1. The van der Waals surface area contributed by atoms with Crippen molar-refractivity contribution in [3.05, 3.63) is 48.3 Å². The summed E-state index contributed by atoms with van der Waals surface area (Å²) in [7, 11) is 0. The molecule has 0 saturated carbocycles. The van der Waals surface area contributed by atoms with Crippen LogP contribution in [0.4, 0.5) is 5.82 Å². The molecule has 0 atom stereocenters. The minimum Gasteiger partial charge on any atom is -0.399 e. The number of anilines is 1. The molecule has 0 amide bonds. The third-order valence-corrected chi connectivity index (χ3v) is 2.59. The number of aromatic nitrogens is 2. The molecule has 2 aromatic rings. The van der Waals surface area contributed by atoms with Gasteiger partial charge in [0.05, 0.1) is 12.2 Å². The summed E-state index contributed by atoms with van der Waals surface area (Å²) in [5.74, 6) is 0.980. The second-order valence-electron chi connectivity index (χ2n) is 3.80. The molecule has 1 aliphatic heterocycles. The molecule has 80 valence electrons. The first-order valence-corrected chi connectivity index (χ1v) is 5.17. The van der Waals surface area contributed by atoms with Crippen LogP contribution in [0.15, 0.2) is 48.3 Å². The van der Waals surface area contributed by atoms with Gasteiger partial charge >= 0.3 is 0 Å². The van der Waals surface area contributed by atoms with Gasteiger partial charge in [0.25, 0.3) is 0 Å². The van der Waals surface area contributed by atoms with Crippen molar-refractivity contribution in [3.8, 4) is 11.3 Å². The topological polar surface area (TPSA) is 55.9 Å². The first-order chi connectivity index (χ1) is 7.83. The van der Waals surface area contributed by atoms with Crippen LogP contribution in [-0.2, 0) is 6.54 Å². The Labute approximate surface area is 93.4 Å². The van der Waals surface area contributed by atoms with Crippen molar-refractivity contribution in [1.82, 2.24) is 9.78 Å². The first-order valence-electron chi connectivity index (χ1n) is 5.17. The molecule has 4 heteroatoms. The summed E-state index contributed by atoms with van der Waals surface area (Å²) in [6.45, 7) is 0.648. The summed E-state index contributed by atoms with van der Waals surface area (Å²) in [5, 5.41) is 7.62. The third kappa shape index (κ3) is 1.44. The number of hydrogen-bond acceptors (Lipinski definition) is 3. The molecule has 1 aliphatic rings. The fraction of sp³-hybridized carbons (Fsp3) is 0.0833. The molecule has 0 aliphatic carbocycles. The number of nitrogens with one attached hydrogen (secondary N) is 1. The Hall–Kier alpha value is -2.23. The fourth-order valence-corrected chi connectivity index (χ4v) is 1.79. The van der Waals surface area contributed by atoms with E-state index in [0.717, 1.165) is 22.8 Å². The Balaban J connectivity index is 2.01. The maximum absolute atomic E-state index is 5.74. The van der Waals surface area contributed by atoms with Gasteiger partial charge < -0.3 is 11.1 Å². The Morgan fingerprint density at radius 3 is 2.88 bits per heavy atom. The van der Waals surface area contributed by atoms with E-state index in [1.807, 2.05) is 47.3 Å². The number of benzene rings is 1. The van der Waals surface area contributed by atoms with Gasteiger partial charge in [0.1, 0.15) is 5.82 Å². The van der Waals surface area contributed by atoms with E-state index < -0.39 is 0 Å². The molecule has 4 nitrogen and oxygen atoms in total. The fourth-order valence-electron chi connectivity index (χ4n) is 1.79. The van der Waals surface area contributed by atoms with Crippen molar-refractivity contribution < 1.29 is 0 Å². The summed E-state index contributed by atoms with van der Waals surface area (Å²) >= 11 is 0. The first kappa shape index (κ1) is 9.03. The maximum atomic E-state index is 5.74. The molecule has 2 heterocycles. The largest absolute Gasteiger partial charge is 0.399 e. The average molecular weight is 212 g/mol. The SMILES string of the molecule is NC1=CNc2cc(-c3ccccc3)nn2C1. The van der Waals surface area contributed by atoms with Crippen LogP contribution >= 0.6 is 0 Å². The normalized spacial score (nSPS) is 13.9. The highest BCUT2D eigenvalue weighted by molar-refractivity contribution is 5.63. The molecule has 0 saturated heterocycles. The van der Waals surface area contributed by atoms with Crippen LogP contribution in [0.3, 0.4) is 0 Å². The van der Waals surface area contributed by atoms with Gasteiger partial charge in [-0.25, -0.2) is 4.68 Å². The van der Waals surface area contributed by atoms with Gasteiger partial charge in [-0.1, -0.05) is 30.3 Å². The molecule has 1 aromatic heterocycles. The highest BCUT2D eigenvalue weighted by Crippen LogP contribution is 2.23. The van der Waals surface area contributed by atoms with Crippen LogP contribution in [0.2, 0.25) is 0 Å².